The molecule has 3 rings (SSSR count). The summed E-state index contributed by atoms with van der Waals surface area (Å²) in [6.45, 7) is 2.16. The topological polar surface area (TPSA) is 29.5 Å². The third-order valence-corrected chi connectivity index (χ3v) is 5.45. The Morgan fingerprint density at radius 2 is 1.70 bits per heavy atom. The number of hydrogen-bond donors (Lipinski definition) is 1. The normalized spacial score (nSPS) is 27.7. The largest absolute Gasteiger partial charge is 0.385 e. The van der Waals surface area contributed by atoms with Crippen LogP contribution in [0, 0.1) is 0 Å². The Morgan fingerprint density at radius 1 is 1.04 bits per heavy atom. The van der Waals surface area contributed by atoms with Gasteiger partial charge in [0.25, 0.3) is 0 Å². The molecule has 0 aromatic heterocycles. The molecule has 0 amide bonds. The van der Waals surface area contributed by atoms with Crippen molar-refractivity contribution < 1.29 is 9.84 Å². The molecule has 1 N–H and O–H groups in total. The molecule has 23 heavy (non-hydrogen) atoms. The summed E-state index contributed by atoms with van der Waals surface area (Å²) in [5.74, 6) is 1.99. The molecule has 3 atom stereocenters. The Labute approximate surface area is 142 Å². The van der Waals surface area contributed by atoms with Gasteiger partial charge in [-0.1, -0.05) is 67.6 Å². The molecular formula is C20H24O2S. The second-order valence-electron chi connectivity index (χ2n) is 6.12. The summed E-state index contributed by atoms with van der Waals surface area (Å²) in [6, 6.07) is 20.3. The molecule has 0 saturated carbocycles. The van der Waals surface area contributed by atoms with E-state index in [0.717, 1.165) is 22.6 Å². The summed E-state index contributed by atoms with van der Waals surface area (Å²) in [4.78, 5) is 0. The summed E-state index contributed by atoms with van der Waals surface area (Å²) in [5.41, 5.74) is 1.32. The van der Waals surface area contributed by atoms with Gasteiger partial charge >= 0.3 is 0 Å². The second-order valence-corrected chi connectivity index (χ2v) is 7.44. The van der Waals surface area contributed by atoms with E-state index in [0.29, 0.717) is 12.8 Å². The highest BCUT2D eigenvalue weighted by Gasteiger charge is 2.41. The Morgan fingerprint density at radius 3 is 2.35 bits per heavy atom. The number of rotatable bonds is 5. The molecule has 2 aromatic carbocycles. The fourth-order valence-corrected chi connectivity index (χ4v) is 3.99. The van der Waals surface area contributed by atoms with Crippen molar-refractivity contribution in [2.45, 2.75) is 37.6 Å². The zero-order valence-corrected chi connectivity index (χ0v) is 14.3. The zero-order valence-electron chi connectivity index (χ0n) is 13.5. The van der Waals surface area contributed by atoms with Crippen LogP contribution in [-0.2, 0) is 10.3 Å². The molecule has 0 radical (unpaired) electrons. The van der Waals surface area contributed by atoms with Gasteiger partial charge in [0.15, 0.2) is 0 Å². The molecule has 1 aliphatic rings. The summed E-state index contributed by atoms with van der Waals surface area (Å²) in [6.07, 6.45) is 1.28. The minimum absolute atomic E-state index is 0.0578. The van der Waals surface area contributed by atoms with Crippen LogP contribution >= 0.6 is 11.8 Å². The molecule has 0 aliphatic carbocycles. The minimum atomic E-state index is -0.820. The van der Waals surface area contributed by atoms with Crippen LogP contribution in [0.2, 0.25) is 0 Å². The fourth-order valence-electron chi connectivity index (χ4n) is 3.29. The van der Waals surface area contributed by atoms with Gasteiger partial charge in [0.1, 0.15) is 0 Å². The van der Waals surface area contributed by atoms with Crippen molar-refractivity contribution in [3.8, 4) is 0 Å². The highest BCUT2D eigenvalue weighted by molar-refractivity contribution is 7.99. The van der Waals surface area contributed by atoms with Gasteiger partial charge in [0.05, 0.1) is 17.8 Å². The first-order valence-corrected chi connectivity index (χ1v) is 9.43. The van der Waals surface area contributed by atoms with Gasteiger partial charge in [0.2, 0.25) is 0 Å². The van der Waals surface area contributed by atoms with Gasteiger partial charge in [0, 0.05) is 18.6 Å². The van der Waals surface area contributed by atoms with E-state index in [-0.39, 0.29) is 12.2 Å². The summed E-state index contributed by atoms with van der Waals surface area (Å²) in [5, 5.41) is 11.4. The lowest BCUT2D eigenvalue weighted by Gasteiger charge is -2.42. The first-order chi connectivity index (χ1) is 11.2. The second kappa shape index (κ2) is 7.52. The highest BCUT2D eigenvalue weighted by Crippen LogP contribution is 2.43. The minimum Gasteiger partial charge on any atom is -0.385 e. The van der Waals surface area contributed by atoms with E-state index in [2.05, 4.69) is 19.1 Å². The van der Waals surface area contributed by atoms with Crippen LogP contribution in [0.5, 0.6) is 0 Å². The number of benzene rings is 2. The average Bonchev–Trinajstić information content (AvgIpc) is 2.61. The van der Waals surface area contributed by atoms with Crippen molar-refractivity contribution in [1.82, 2.24) is 0 Å². The van der Waals surface area contributed by atoms with Crippen LogP contribution in [-0.4, -0.2) is 22.7 Å². The molecule has 1 heterocycles. The van der Waals surface area contributed by atoms with Crippen molar-refractivity contribution in [3.05, 3.63) is 71.8 Å². The van der Waals surface area contributed by atoms with Crippen LogP contribution in [0.15, 0.2) is 60.7 Å². The van der Waals surface area contributed by atoms with E-state index in [1.807, 2.05) is 60.3 Å². The summed E-state index contributed by atoms with van der Waals surface area (Å²) >= 11 is 1.87. The lowest BCUT2D eigenvalue weighted by atomic mass is 9.80. The predicted molar refractivity (Wildman–Crippen MR) is 96.6 cm³/mol. The molecule has 0 bridgehead atoms. The maximum Gasteiger partial charge on any atom is 0.0949 e. The van der Waals surface area contributed by atoms with Crippen LogP contribution < -0.4 is 0 Å². The standard InChI is InChI=1S/C20H24O2S/c1-2-23-15-18-13-20(21,17-11-7-4-8-12-17)14-19(22-18)16-9-5-3-6-10-16/h3-12,18-19,21H,2,13-15H2,1H3/t18-,19+,20-/m0/s1. The van der Waals surface area contributed by atoms with Crippen LogP contribution in [0.1, 0.15) is 37.0 Å². The van der Waals surface area contributed by atoms with E-state index in [1.165, 1.54) is 0 Å². The molecule has 2 aromatic rings. The first-order valence-electron chi connectivity index (χ1n) is 8.27. The fraction of sp³-hybridized carbons (Fsp3) is 0.400. The Kier molecular flexibility index (Phi) is 5.42. The quantitative estimate of drug-likeness (QED) is 0.873. The molecule has 1 saturated heterocycles. The molecule has 0 spiro atoms. The zero-order chi connectivity index (χ0) is 16.1. The van der Waals surface area contributed by atoms with E-state index >= 15 is 0 Å². The van der Waals surface area contributed by atoms with Crippen LogP contribution in [0.25, 0.3) is 0 Å². The SMILES string of the molecule is CCSC[C@@H]1C[C@@](O)(c2ccccc2)C[C@H](c2ccccc2)O1. The van der Waals surface area contributed by atoms with Gasteiger partial charge in [-0.15, -0.1) is 0 Å². The molecule has 1 aliphatic heterocycles. The lowest BCUT2D eigenvalue weighted by Crippen LogP contribution is -2.41. The van der Waals surface area contributed by atoms with Crippen LogP contribution in [0.4, 0.5) is 0 Å². The van der Waals surface area contributed by atoms with Crippen LogP contribution in [0.3, 0.4) is 0 Å². The Balaban J connectivity index is 1.87. The first kappa shape index (κ1) is 16.6. The Bertz CT molecular complexity index is 602. The molecule has 2 nitrogen and oxygen atoms in total. The van der Waals surface area contributed by atoms with Gasteiger partial charge in [-0.3, -0.25) is 0 Å². The van der Waals surface area contributed by atoms with E-state index < -0.39 is 5.60 Å². The molecule has 0 unspecified atom stereocenters. The Hall–Kier alpha value is -1.29. The monoisotopic (exact) mass is 328 g/mol. The smallest absolute Gasteiger partial charge is 0.0949 e. The van der Waals surface area contributed by atoms with Crippen molar-refractivity contribution >= 4 is 11.8 Å². The third kappa shape index (κ3) is 3.97. The maximum absolute atomic E-state index is 11.4. The van der Waals surface area contributed by atoms with Gasteiger partial charge in [-0.05, 0) is 16.9 Å². The predicted octanol–water partition coefficient (Wildman–Crippen LogP) is 4.55. The third-order valence-electron chi connectivity index (χ3n) is 4.44. The highest BCUT2D eigenvalue weighted by atomic mass is 32.2. The number of aliphatic hydroxyl groups is 1. The molecule has 1 fully saturated rings. The van der Waals surface area contributed by atoms with Gasteiger partial charge in [-0.2, -0.15) is 11.8 Å². The van der Waals surface area contributed by atoms with Gasteiger partial charge < -0.3 is 9.84 Å². The maximum atomic E-state index is 11.4. The average molecular weight is 328 g/mol. The van der Waals surface area contributed by atoms with Crippen molar-refractivity contribution in [3.63, 3.8) is 0 Å². The number of hydrogen-bond acceptors (Lipinski definition) is 3. The van der Waals surface area contributed by atoms with E-state index in [4.69, 9.17) is 4.74 Å². The molecular weight excluding hydrogens is 304 g/mol. The summed E-state index contributed by atoms with van der Waals surface area (Å²) in [7, 11) is 0. The van der Waals surface area contributed by atoms with Crippen molar-refractivity contribution in [1.29, 1.82) is 0 Å². The summed E-state index contributed by atoms with van der Waals surface area (Å²) < 4.78 is 6.31. The van der Waals surface area contributed by atoms with Gasteiger partial charge in [-0.25, -0.2) is 0 Å². The number of thioether (sulfide) groups is 1. The molecule has 3 heteroatoms. The van der Waals surface area contributed by atoms with E-state index in [1.54, 1.807) is 0 Å². The number of ether oxygens (including phenoxy) is 1. The van der Waals surface area contributed by atoms with Crippen molar-refractivity contribution in [2.75, 3.05) is 11.5 Å². The van der Waals surface area contributed by atoms with Crippen molar-refractivity contribution in [2.24, 2.45) is 0 Å². The molecule has 122 valence electrons. The lowest BCUT2D eigenvalue weighted by molar-refractivity contribution is -0.142. The van der Waals surface area contributed by atoms with E-state index in [9.17, 15) is 5.11 Å².